The van der Waals surface area contributed by atoms with E-state index in [1.807, 2.05) is 5.38 Å². The summed E-state index contributed by atoms with van der Waals surface area (Å²) >= 11 is 1.66. The highest BCUT2D eigenvalue weighted by molar-refractivity contribution is 7.14. The van der Waals surface area contributed by atoms with Gasteiger partial charge in [0, 0.05) is 11.0 Å². The van der Waals surface area contributed by atoms with Crippen LogP contribution in [0.1, 0.15) is 12.0 Å². The van der Waals surface area contributed by atoms with Crippen molar-refractivity contribution in [2.75, 3.05) is 26.4 Å². The van der Waals surface area contributed by atoms with Gasteiger partial charge in [0.2, 0.25) is 0 Å². The maximum Gasteiger partial charge on any atom is 0.179 e. The Morgan fingerprint density at radius 2 is 1.54 bits per heavy atom. The normalized spacial score (nSPS) is 18.6. The second-order valence-electron chi connectivity index (χ2n) is 5.81. The Kier molecular flexibility index (Phi) is 3.26. The van der Waals surface area contributed by atoms with E-state index in [1.165, 1.54) is 11.1 Å². The molecule has 0 unspecified atom stereocenters. The van der Waals surface area contributed by atoms with Gasteiger partial charge in [-0.05, 0) is 23.6 Å². The molecule has 0 amide bonds. The fraction of sp³-hybridized carbons (Fsp3) is 0.263. The van der Waals surface area contributed by atoms with Gasteiger partial charge in [-0.15, -0.1) is 11.3 Å². The lowest BCUT2D eigenvalue weighted by Crippen LogP contribution is -2.14. The van der Waals surface area contributed by atoms with Gasteiger partial charge in [0.25, 0.3) is 0 Å². The Balaban J connectivity index is 1.47. The molecule has 1 saturated heterocycles. The molecule has 0 N–H and O–H groups in total. The van der Waals surface area contributed by atoms with Gasteiger partial charge in [-0.25, -0.2) is 0 Å². The summed E-state index contributed by atoms with van der Waals surface area (Å²) in [6, 6.07) is 8.55. The zero-order valence-electron chi connectivity index (χ0n) is 13.0. The second kappa shape index (κ2) is 5.60. The van der Waals surface area contributed by atoms with E-state index in [-0.39, 0.29) is 0 Å². The van der Waals surface area contributed by atoms with Crippen molar-refractivity contribution in [1.82, 2.24) is 0 Å². The average molecular weight is 340 g/mol. The maximum absolute atomic E-state index is 5.80. The quantitative estimate of drug-likeness (QED) is 0.820. The van der Waals surface area contributed by atoms with Gasteiger partial charge >= 0.3 is 0 Å². The molecule has 0 bridgehead atoms. The molecule has 2 aliphatic heterocycles. The van der Waals surface area contributed by atoms with Gasteiger partial charge in [0.15, 0.2) is 23.0 Å². The van der Waals surface area contributed by atoms with Crippen molar-refractivity contribution in [3.05, 3.63) is 52.8 Å². The van der Waals surface area contributed by atoms with Gasteiger partial charge < -0.3 is 18.9 Å². The predicted octanol–water partition coefficient (Wildman–Crippen LogP) is 4.23. The van der Waals surface area contributed by atoms with Crippen LogP contribution in [0.5, 0.6) is 11.5 Å². The summed E-state index contributed by atoms with van der Waals surface area (Å²) in [4.78, 5) is 1.12. The Hall–Kier alpha value is -2.40. The summed E-state index contributed by atoms with van der Waals surface area (Å²) in [7, 11) is 0. The van der Waals surface area contributed by atoms with Crippen LogP contribution in [0.4, 0.5) is 0 Å². The van der Waals surface area contributed by atoms with Crippen LogP contribution in [0.2, 0.25) is 0 Å². The van der Waals surface area contributed by atoms with E-state index in [2.05, 4.69) is 30.3 Å². The zero-order chi connectivity index (χ0) is 15.9. The molecule has 24 heavy (non-hydrogen) atoms. The minimum Gasteiger partial charge on any atom is -0.486 e. The molecule has 2 aromatic rings. The number of hydrogen-bond donors (Lipinski definition) is 0. The smallest absolute Gasteiger partial charge is 0.179 e. The highest BCUT2D eigenvalue weighted by Crippen LogP contribution is 2.46. The lowest BCUT2D eigenvalue weighted by Gasteiger charge is -2.20. The molecule has 1 aromatic carbocycles. The van der Waals surface area contributed by atoms with E-state index in [1.54, 1.807) is 11.3 Å². The molecule has 3 heterocycles. The van der Waals surface area contributed by atoms with Crippen molar-refractivity contribution < 1.29 is 18.9 Å². The first kappa shape index (κ1) is 14.0. The van der Waals surface area contributed by atoms with Crippen molar-refractivity contribution in [3.63, 3.8) is 0 Å². The SMILES string of the molecule is C1=C2OCCOC2=C(c2ccc(-c3scc4c3OCCO4)cc2)C1. The van der Waals surface area contributed by atoms with Crippen LogP contribution in [-0.4, -0.2) is 26.4 Å². The molecule has 0 spiro atoms. The first-order chi connectivity index (χ1) is 11.9. The molecule has 0 saturated carbocycles. The molecular weight excluding hydrogens is 324 g/mol. The van der Waals surface area contributed by atoms with Crippen molar-refractivity contribution in [2.45, 2.75) is 6.42 Å². The summed E-state index contributed by atoms with van der Waals surface area (Å²) in [6.07, 6.45) is 2.95. The number of hydrogen-bond acceptors (Lipinski definition) is 5. The third-order valence-corrected chi connectivity index (χ3v) is 5.36. The van der Waals surface area contributed by atoms with Gasteiger partial charge in [-0.2, -0.15) is 0 Å². The maximum atomic E-state index is 5.80. The van der Waals surface area contributed by atoms with E-state index >= 15 is 0 Å². The number of benzene rings is 1. The first-order valence-corrected chi connectivity index (χ1v) is 8.95. The highest BCUT2D eigenvalue weighted by Gasteiger charge is 2.25. The third-order valence-electron chi connectivity index (χ3n) is 4.37. The Morgan fingerprint density at radius 3 is 2.46 bits per heavy atom. The van der Waals surface area contributed by atoms with Crippen molar-refractivity contribution in [1.29, 1.82) is 0 Å². The topological polar surface area (TPSA) is 36.9 Å². The molecule has 0 atom stereocenters. The molecule has 5 heteroatoms. The van der Waals surface area contributed by atoms with Gasteiger partial charge in [-0.3, -0.25) is 0 Å². The van der Waals surface area contributed by atoms with Crippen LogP contribution >= 0.6 is 11.3 Å². The molecule has 122 valence electrons. The summed E-state index contributed by atoms with van der Waals surface area (Å²) < 4.78 is 22.9. The Morgan fingerprint density at radius 1 is 0.792 bits per heavy atom. The van der Waals surface area contributed by atoms with Crippen LogP contribution < -0.4 is 9.47 Å². The molecule has 1 fully saturated rings. The van der Waals surface area contributed by atoms with Crippen molar-refractivity contribution in [3.8, 4) is 21.9 Å². The first-order valence-electron chi connectivity index (χ1n) is 8.07. The van der Waals surface area contributed by atoms with Gasteiger partial charge in [0.05, 0.1) is 4.88 Å². The standard InChI is InChI=1S/C19H16O4S/c1-3-13(19-18-16(11-24-19)21-8-10-23-18)4-2-12(1)14-5-6-15-17(14)22-9-7-20-15/h1-4,6,11H,5,7-10H2. The number of rotatable bonds is 2. The monoisotopic (exact) mass is 340 g/mol. The molecular formula is C19H16O4S. The van der Waals surface area contributed by atoms with E-state index in [9.17, 15) is 0 Å². The molecule has 0 radical (unpaired) electrons. The number of fused-ring (bicyclic) bond motifs is 2. The van der Waals surface area contributed by atoms with E-state index in [0.29, 0.717) is 26.4 Å². The fourth-order valence-electron chi connectivity index (χ4n) is 3.24. The van der Waals surface area contributed by atoms with Crippen LogP contribution in [0, 0.1) is 0 Å². The molecule has 4 nitrogen and oxygen atoms in total. The van der Waals surface area contributed by atoms with Gasteiger partial charge in [-0.1, -0.05) is 24.3 Å². The summed E-state index contributed by atoms with van der Waals surface area (Å²) in [6.45, 7) is 2.48. The Bertz CT molecular complexity index is 845. The van der Waals surface area contributed by atoms with E-state index in [4.69, 9.17) is 18.9 Å². The zero-order valence-corrected chi connectivity index (χ0v) is 13.9. The number of ether oxygens (including phenoxy) is 4. The molecule has 1 aliphatic carbocycles. The number of thiophene rings is 1. The minimum absolute atomic E-state index is 0.608. The third kappa shape index (κ3) is 2.19. The fourth-order valence-corrected chi connectivity index (χ4v) is 4.18. The molecule has 1 aromatic heterocycles. The summed E-state index contributed by atoms with van der Waals surface area (Å²) in [5.74, 6) is 3.51. The van der Waals surface area contributed by atoms with Crippen molar-refractivity contribution >= 4 is 16.9 Å². The largest absolute Gasteiger partial charge is 0.486 e. The lowest BCUT2D eigenvalue weighted by molar-refractivity contribution is 0.0624. The van der Waals surface area contributed by atoms with Crippen LogP contribution in [0.25, 0.3) is 16.0 Å². The number of allylic oxidation sites excluding steroid dienone is 2. The van der Waals surface area contributed by atoms with Crippen LogP contribution in [0.3, 0.4) is 0 Å². The molecule has 5 rings (SSSR count). The minimum atomic E-state index is 0.608. The van der Waals surface area contributed by atoms with E-state index in [0.717, 1.165) is 39.9 Å². The summed E-state index contributed by atoms with van der Waals surface area (Å²) in [5.41, 5.74) is 3.52. The van der Waals surface area contributed by atoms with Crippen LogP contribution in [0.15, 0.2) is 47.2 Å². The summed E-state index contributed by atoms with van der Waals surface area (Å²) in [5, 5.41) is 2.02. The van der Waals surface area contributed by atoms with E-state index < -0.39 is 0 Å². The van der Waals surface area contributed by atoms with Crippen LogP contribution in [-0.2, 0) is 9.47 Å². The average Bonchev–Trinajstić information content (AvgIpc) is 3.26. The Labute approximate surface area is 143 Å². The lowest BCUT2D eigenvalue weighted by atomic mass is 10.0. The molecule has 3 aliphatic rings. The van der Waals surface area contributed by atoms with Crippen molar-refractivity contribution in [2.24, 2.45) is 0 Å². The van der Waals surface area contributed by atoms with Gasteiger partial charge in [0.1, 0.15) is 26.4 Å². The highest BCUT2D eigenvalue weighted by atomic mass is 32.1. The predicted molar refractivity (Wildman–Crippen MR) is 92.3 cm³/mol. The second-order valence-corrected chi connectivity index (χ2v) is 6.69.